The number of furan rings is 1. The van der Waals surface area contributed by atoms with Crippen molar-refractivity contribution in [1.29, 1.82) is 5.26 Å². The summed E-state index contributed by atoms with van der Waals surface area (Å²) in [5.41, 5.74) is 0.0608. The molecule has 1 aliphatic rings. The van der Waals surface area contributed by atoms with Gasteiger partial charge in [-0.1, -0.05) is 12.1 Å². The second kappa shape index (κ2) is 8.62. The molecule has 0 bridgehead atoms. The minimum atomic E-state index is -0.529. The Labute approximate surface area is 174 Å². The molecule has 2 aromatic rings. The second-order valence-electron chi connectivity index (χ2n) is 7.69. The molecule has 0 spiro atoms. The molecular weight excluding hydrogens is 390 g/mol. The third kappa shape index (κ3) is 5.12. The second-order valence-corrected chi connectivity index (χ2v) is 8.69. The Bertz CT molecular complexity index is 942. The van der Waals surface area contributed by atoms with E-state index in [0.717, 1.165) is 0 Å². The fourth-order valence-corrected chi connectivity index (χ4v) is 4.01. The van der Waals surface area contributed by atoms with Crippen LogP contribution in [-0.4, -0.2) is 39.9 Å². The number of thioether (sulfide) groups is 1. The lowest BCUT2D eigenvalue weighted by atomic mass is 10.1. The molecule has 29 heavy (non-hydrogen) atoms. The van der Waals surface area contributed by atoms with Gasteiger partial charge in [0, 0.05) is 11.3 Å². The van der Waals surface area contributed by atoms with Gasteiger partial charge < -0.3 is 19.4 Å². The fourth-order valence-electron chi connectivity index (χ4n) is 2.86. The van der Waals surface area contributed by atoms with Crippen molar-refractivity contribution in [1.82, 2.24) is 10.2 Å². The molecule has 2 heterocycles. The van der Waals surface area contributed by atoms with E-state index in [1.807, 2.05) is 20.8 Å². The van der Waals surface area contributed by atoms with E-state index in [2.05, 4.69) is 11.4 Å². The van der Waals surface area contributed by atoms with Gasteiger partial charge in [-0.25, -0.2) is 0 Å². The summed E-state index contributed by atoms with van der Waals surface area (Å²) in [7, 11) is 0. The van der Waals surface area contributed by atoms with E-state index in [9.17, 15) is 9.59 Å². The Morgan fingerprint density at radius 1 is 1.31 bits per heavy atom. The van der Waals surface area contributed by atoms with Gasteiger partial charge in [-0.3, -0.25) is 9.59 Å². The van der Waals surface area contributed by atoms with Crippen LogP contribution in [0.15, 0.2) is 40.8 Å². The standard InChI is InChI=1S/C21H23N3O4S/c1-21(2,3)23-19(25)16-12-29-13-24(16)20(26)18-9-8-15(28-18)11-27-17-7-5-4-6-14(17)10-22/h4-9,16H,11-13H2,1-3H3,(H,23,25). The number of nitrogens with one attached hydrogen (secondary N) is 1. The summed E-state index contributed by atoms with van der Waals surface area (Å²) in [5, 5.41) is 12.0. The molecule has 0 aliphatic carbocycles. The van der Waals surface area contributed by atoms with Crippen molar-refractivity contribution >= 4 is 23.6 Å². The zero-order valence-electron chi connectivity index (χ0n) is 16.6. The lowest BCUT2D eigenvalue weighted by molar-refractivity contribution is -0.125. The Kier molecular flexibility index (Phi) is 6.18. The molecule has 0 saturated carbocycles. The highest BCUT2D eigenvalue weighted by Crippen LogP contribution is 2.25. The molecule has 1 unspecified atom stereocenters. The van der Waals surface area contributed by atoms with Crippen molar-refractivity contribution in [2.24, 2.45) is 0 Å². The molecule has 1 aromatic heterocycles. The number of carbonyl (C=O) groups is 2. The minimum absolute atomic E-state index is 0.0919. The van der Waals surface area contributed by atoms with Gasteiger partial charge in [0.25, 0.3) is 5.91 Å². The van der Waals surface area contributed by atoms with Crippen molar-refractivity contribution in [3.8, 4) is 11.8 Å². The normalized spacial score (nSPS) is 16.3. The fraction of sp³-hybridized carbons (Fsp3) is 0.381. The van der Waals surface area contributed by atoms with Crippen LogP contribution in [0.25, 0.3) is 0 Å². The average Bonchev–Trinajstić information content (AvgIpc) is 3.34. The van der Waals surface area contributed by atoms with E-state index in [0.29, 0.717) is 28.7 Å². The molecule has 152 valence electrons. The molecule has 1 N–H and O–H groups in total. The lowest BCUT2D eigenvalue weighted by Gasteiger charge is -2.27. The Morgan fingerprint density at radius 3 is 2.79 bits per heavy atom. The summed E-state index contributed by atoms with van der Waals surface area (Å²) in [5.74, 6) is 1.57. The quantitative estimate of drug-likeness (QED) is 0.809. The van der Waals surface area contributed by atoms with Crippen molar-refractivity contribution in [3.05, 3.63) is 53.5 Å². The first-order valence-electron chi connectivity index (χ1n) is 9.20. The number of nitrogens with zero attached hydrogens (tertiary/aromatic N) is 2. The highest BCUT2D eigenvalue weighted by Gasteiger charge is 2.37. The van der Waals surface area contributed by atoms with Crippen LogP contribution >= 0.6 is 11.8 Å². The SMILES string of the molecule is CC(C)(C)NC(=O)C1CSCN1C(=O)c1ccc(COc2ccccc2C#N)o1. The number of amides is 2. The van der Waals surface area contributed by atoms with E-state index >= 15 is 0 Å². The Morgan fingerprint density at radius 2 is 2.07 bits per heavy atom. The van der Waals surface area contributed by atoms with Crippen molar-refractivity contribution in [3.63, 3.8) is 0 Å². The maximum Gasteiger partial charge on any atom is 0.290 e. The van der Waals surface area contributed by atoms with Crippen LogP contribution in [0.3, 0.4) is 0 Å². The first kappa shape index (κ1) is 20.8. The highest BCUT2D eigenvalue weighted by atomic mass is 32.2. The summed E-state index contributed by atoms with van der Waals surface area (Å²) >= 11 is 1.53. The van der Waals surface area contributed by atoms with Crippen molar-refractivity contribution < 1.29 is 18.7 Å². The zero-order valence-corrected chi connectivity index (χ0v) is 17.4. The van der Waals surface area contributed by atoms with Crippen LogP contribution in [0.5, 0.6) is 5.75 Å². The summed E-state index contributed by atoms with van der Waals surface area (Å²) in [6.45, 7) is 5.81. The van der Waals surface area contributed by atoms with Gasteiger partial charge >= 0.3 is 0 Å². The van der Waals surface area contributed by atoms with Crippen LogP contribution in [0, 0.1) is 11.3 Å². The zero-order chi connectivity index (χ0) is 21.0. The first-order valence-corrected chi connectivity index (χ1v) is 10.4. The van der Waals surface area contributed by atoms with Crippen LogP contribution in [0.1, 0.15) is 42.6 Å². The topological polar surface area (TPSA) is 95.6 Å². The van der Waals surface area contributed by atoms with Gasteiger partial charge in [-0.05, 0) is 45.0 Å². The van der Waals surface area contributed by atoms with E-state index in [1.54, 1.807) is 36.4 Å². The first-order chi connectivity index (χ1) is 13.8. The number of nitriles is 1. The number of hydrogen-bond acceptors (Lipinski definition) is 6. The summed E-state index contributed by atoms with van der Waals surface area (Å²) in [6, 6.07) is 11.7. The number of para-hydroxylation sites is 1. The van der Waals surface area contributed by atoms with Crippen molar-refractivity contribution in [2.45, 2.75) is 39.0 Å². The van der Waals surface area contributed by atoms with Crippen LogP contribution < -0.4 is 10.1 Å². The minimum Gasteiger partial charge on any atom is -0.484 e. The monoisotopic (exact) mass is 413 g/mol. The van der Waals surface area contributed by atoms with Gasteiger partial charge in [-0.15, -0.1) is 11.8 Å². The number of ether oxygens (including phenoxy) is 1. The van der Waals surface area contributed by atoms with E-state index in [4.69, 9.17) is 14.4 Å². The molecular formula is C21H23N3O4S. The third-order valence-corrected chi connectivity index (χ3v) is 5.21. The summed E-state index contributed by atoms with van der Waals surface area (Å²) < 4.78 is 11.3. The van der Waals surface area contributed by atoms with Gasteiger partial charge in [0.15, 0.2) is 5.76 Å². The predicted octanol–water partition coefficient (Wildman–Crippen LogP) is 3.16. The average molecular weight is 413 g/mol. The van der Waals surface area contributed by atoms with Gasteiger partial charge in [0.05, 0.1) is 11.4 Å². The molecule has 1 aliphatic heterocycles. The Balaban J connectivity index is 1.65. The molecule has 1 saturated heterocycles. The molecule has 2 amide bonds. The number of carbonyl (C=O) groups excluding carboxylic acids is 2. The number of rotatable bonds is 5. The molecule has 1 aromatic carbocycles. The summed E-state index contributed by atoms with van der Waals surface area (Å²) in [6.07, 6.45) is 0. The smallest absolute Gasteiger partial charge is 0.290 e. The summed E-state index contributed by atoms with van der Waals surface area (Å²) in [4.78, 5) is 26.9. The molecule has 7 nitrogen and oxygen atoms in total. The van der Waals surface area contributed by atoms with Gasteiger partial charge in [-0.2, -0.15) is 5.26 Å². The highest BCUT2D eigenvalue weighted by molar-refractivity contribution is 7.99. The largest absolute Gasteiger partial charge is 0.484 e. The number of hydrogen-bond donors (Lipinski definition) is 1. The van der Waals surface area contributed by atoms with Crippen molar-refractivity contribution in [2.75, 3.05) is 11.6 Å². The predicted molar refractivity (Wildman–Crippen MR) is 109 cm³/mol. The molecule has 1 fully saturated rings. The maximum absolute atomic E-state index is 12.9. The molecule has 1 atom stereocenters. The van der Waals surface area contributed by atoms with E-state index in [1.165, 1.54) is 16.7 Å². The van der Waals surface area contributed by atoms with E-state index in [-0.39, 0.29) is 29.7 Å². The van der Waals surface area contributed by atoms with Crippen LogP contribution in [0.2, 0.25) is 0 Å². The lowest BCUT2D eigenvalue weighted by Crippen LogP contribution is -2.52. The molecule has 0 radical (unpaired) electrons. The van der Waals surface area contributed by atoms with Gasteiger partial charge in [0.2, 0.25) is 5.91 Å². The number of benzene rings is 1. The molecule has 8 heteroatoms. The van der Waals surface area contributed by atoms with Crippen LogP contribution in [0.4, 0.5) is 0 Å². The van der Waals surface area contributed by atoms with Crippen LogP contribution in [-0.2, 0) is 11.4 Å². The molecule has 3 rings (SSSR count). The Hall–Kier alpha value is -2.92. The maximum atomic E-state index is 12.9. The third-order valence-electron chi connectivity index (χ3n) is 4.19. The van der Waals surface area contributed by atoms with E-state index < -0.39 is 6.04 Å². The van der Waals surface area contributed by atoms with Gasteiger partial charge in [0.1, 0.15) is 30.2 Å².